The second-order valence-electron chi connectivity index (χ2n) is 4.03. The highest BCUT2D eigenvalue weighted by Gasteiger charge is 2.20. The van der Waals surface area contributed by atoms with Gasteiger partial charge in [-0.3, -0.25) is 0 Å². The Morgan fingerprint density at radius 1 is 0.778 bits per heavy atom. The molecule has 0 bridgehead atoms. The average Bonchev–Trinajstić information content (AvgIpc) is 2.95. The Labute approximate surface area is 105 Å². The lowest BCUT2D eigenvalue weighted by Crippen LogP contribution is -2.03. The van der Waals surface area contributed by atoms with E-state index >= 15 is 0 Å². The predicted molar refractivity (Wildman–Crippen MR) is 68.1 cm³/mol. The second-order valence-corrected chi connectivity index (χ2v) is 4.03. The van der Waals surface area contributed by atoms with Crippen LogP contribution in [0, 0.1) is 0 Å². The van der Waals surface area contributed by atoms with Crippen LogP contribution in [0.5, 0.6) is 0 Å². The van der Waals surface area contributed by atoms with Crippen LogP contribution in [0.2, 0.25) is 0 Å². The van der Waals surface area contributed by atoms with Crippen LogP contribution in [-0.4, -0.2) is 10.2 Å². The van der Waals surface area contributed by atoms with E-state index in [1.807, 2.05) is 36.4 Å². The molecule has 0 aliphatic carbocycles. The fraction of sp³-hybridized carbons (Fsp3) is 0.0667. The minimum atomic E-state index is -0.00472. The maximum atomic E-state index is 5.38. The van der Waals surface area contributed by atoms with Gasteiger partial charge in [0.2, 0.25) is 12.3 Å². The first kappa shape index (κ1) is 10.7. The lowest BCUT2D eigenvalue weighted by molar-refractivity contribution is 0.487. The van der Waals surface area contributed by atoms with Crippen LogP contribution in [0.25, 0.3) is 0 Å². The normalized spacial score (nSPS) is 10.7. The lowest BCUT2D eigenvalue weighted by atomic mass is 9.91. The molecule has 0 N–H and O–H groups in total. The van der Waals surface area contributed by atoms with E-state index in [-0.39, 0.29) is 5.92 Å². The SMILES string of the molecule is c1ccc(C(c2ccccc2)c2nnco2)cc1. The van der Waals surface area contributed by atoms with E-state index in [0.717, 1.165) is 11.1 Å². The third-order valence-corrected chi connectivity index (χ3v) is 2.89. The van der Waals surface area contributed by atoms with Gasteiger partial charge in [-0.2, -0.15) is 0 Å². The van der Waals surface area contributed by atoms with Gasteiger partial charge in [-0.1, -0.05) is 60.7 Å². The van der Waals surface area contributed by atoms with Gasteiger partial charge >= 0.3 is 0 Å². The third kappa shape index (κ3) is 2.02. The van der Waals surface area contributed by atoms with E-state index in [0.29, 0.717) is 5.89 Å². The van der Waals surface area contributed by atoms with Crippen LogP contribution >= 0.6 is 0 Å². The first-order chi connectivity index (χ1) is 8.95. The van der Waals surface area contributed by atoms with Crippen molar-refractivity contribution in [3.05, 3.63) is 84.1 Å². The Kier molecular flexibility index (Phi) is 2.88. The number of aromatic nitrogens is 2. The van der Waals surface area contributed by atoms with Crippen molar-refractivity contribution in [1.82, 2.24) is 10.2 Å². The van der Waals surface area contributed by atoms with E-state index in [4.69, 9.17) is 4.42 Å². The summed E-state index contributed by atoms with van der Waals surface area (Å²) in [7, 11) is 0. The molecule has 88 valence electrons. The van der Waals surface area contributed by atoms with Crippen LogP contribution in [0.3, 0.4) is 0 Å². The Hall–Kier alpha value is -2.42. The number of hydrogen-bond acceptors (Lipinski definition) is 3. The molecule has 0 spiro atoms. The molecule has 2 aromatic carbocycles. The highest BCUT2D eigenvalue weighted by atomic mass is 16.4. The molecule has 0 radical (unpaired) electrons. The fourth-order valence-corrected chi connectivity index (χ4v) is 2.08. The van der Waals surface area contributed by atoms with E-state index in [9.17, 15) is 0 Å². The van der Waals surface area contributed by atoms with Crippen molar-refractivity contribution in [1.29, 1.82) is 0 Å². The van der Waals surface area contributed by atoms with Crippen LogP contribution in [0.4, 0.5) is 0 Å². The molecule has 0 saturated carbocycles. The van der Waals surface area contributed by atoms with E-state index in [1.165, 1.54) is 6.39 Å². The van der Waals surface area contributed by atoms with Crippen molar-refractivity contribution in [2.24, 2.45) is 0 Å². The van der Waals surface area contributed by atoms with Gasteiger partial charge in [0.1, 0.15) is 0 Å². The van der Waals surface area contributed by atoms with Gasteiger partial charge in [0.15, 0.2) is 0 Å². The summed E-state index contributed by atoms with van der Waals surface area (Å²) in [5.74, 6) is 0.613. The maximum Gasteiger partial charge on any atom is 0.228 e. The number of nitrogens with zero attached hydrogens (tertiary/aromatic N) is 2. The summed E-state index contributed by atoms with van der Waals surface area (Å²) in [4.78, 5) is 0. The van der Waals surface area contributed by atoms with Crippen molar-refractivity contribution < 1.29 is 4.42 Å². The molecule has 3 rings (SSSR count). The average molecular weight is 236 g/mol. The third-order valence-electron chi connectivity index (χ3n) is 2.89. The molecule has 0 aliphatic heterocycles. The smallest absolute Gasteiger partial charge is 0.228 e. The van der Waals surface area contributed by atoms with Gasteiger partial charge in [0.05, 0.1) is 5.92 Å². The van der Waals surface area contributed by atoms with Gasteiger partial charge in [-0.15, -0.1) is 10.2 Å². The first-order valence-corrected chi connectivity index (χ1v) is 5.81. The summed E-state index contributed by atoms with van der Waals surface area (Å²) in [6.07, 6.45) is 1.37. The zero-order valence-electron chi connectivity index (χ0n) is 9.73. The summed E-state index contributed by atoms with van der Waals surface area (Å²) < 4.78 is 5.38. The topological polar surface area (TPSA) is 38.9 Å². The minimum Gasteiger partial charge on any atom is -0.427 e. The number of benzene rings is 2. The molecular formula is C15H12N2O. The standard InChI is InChI=1S/C15H12N2O/c1-3-7-12(8-4-1)14(15-17-16-11-18-15)13-9-5-2-6-10-13/h1-11,14H. The molecule has 0 fully saturated rings. The molecule has 0 atom stereocenters. The van der Waals surface area contributed by atoms with Gasteiger partial charge in [0, 0.05) is 0 Å². The quantitative estimate of drug-likeness (QED) is 0.700. The van der Waals surface area contributed by atoms with Crippen LogP contribution in [0.15, 0.2) is 71.5 Å². The Bertz CT molecular complexity index is 551. The Morgan fingerprint density at radius 3 is 1.78 bits per heavy atom. The Morgan fingerprint density at radius 2 is 1.33 bits per heavy atom. The highest BCUT2D eigenvalue weighted by molar-refractivity contribution is 5.37. The Balaban J connectivity index is 2.11. The van der Waals surface area contributed by atoms with Gasteiger partial charge in [-0.05, 0) is 11.1 Å². The molecule has 3 aromatic rings. The van der Waals surface area contributed by atoms with E-state index in [2.05, 4.69) is 34.5 Å². The molecule has 1 aromatic heterocycles. The molecule has 3 nitrogen and oxygen atoms in total. The first-order valence-electron chi connectivity index (χ1n) is 5.81. The molecule has 18 heavy (non-hydrogen) atoms. The summed E-state index contributed by atoms with van der Waals surface area (Å²) in [5, 5.41) is 7.83. The molecule has 0 amide bonds. The van der Waals surface area contributed by atoms with Crippen molar-refractivity contribution in [3.8, 4) is 0 Å². The zero-order valence-corrected chi connectivity index (χ0v) is 9.73. The monoisotopic (exact) mass is 236 g/mol. The summed E-state index contributed by atoms with van der Waals surface area (Å²) in [5.41, 5.74) is 2.29. The predicted octanol–water partition coefficient (Wildman–Crippen LogP) is 3.25. The summed E-state index contributed by atoms with van der Waals surface area (Å²) >= 11 is 0. The molecule has 0 unspecified atom stereocenters. The molecule has 3 heteroatoms. The van der Waals surface area contributed by atoms with Crippen molar-refractivity contribution >= 4 is 0 Å². The molecule has 0 aliphatic rings. The number of hydrogen-bond donors (Lipinski definition) is 0. The van der Waals surface area contributed by atoms with Crippen molar-refractivity contribution in [2.75, 3.05) is 0 Å². The zero-order chi connectivity index (χ0) is 12.2. The van der Waals surface area contributed by atoms with Crippen molar-refractivity contribution in [2.45, 2.75) is 5.92 Å². The number of rotatable bonds is 3. The van der Waals surface area contributed by atoms with Gasteiger partial charge in [-0.25, -0.2) is 0 Å². The summed E-state index contributed by atoms with van der Waals surface area (Å²) in [6, 6.07) is 20.3. The summed E-state index contributed by atoms with van der Waals surface area (Å²) in [6.45, 7) is 0. The molecule has 0 saturated heterocycles. The fourth-order valence-electron chi connectivity index (χ4n) is 2.08. The van der Waals surface area contributed by atoms with Crippen LogP contribution in [-0.2, 0) is 0 Å². The largest absolute Gasteiger partial charge is 0.427 e. The maximum absolute atomic E-state index is 5.38. The van der Waals surface area contributed by atoms with Crippen LogP contribution in [0.1, 0.15) is 22.9 Å². The minimum absolute atomic E-state index is 0.00472. The lowest BCUT2D eigenvalue weighted by Gasteiger charge is -2.13. The van der Waals surface area contributed by atoms with Crippen LogP contribution < -0.4 is 0 Å². The van der Waals surface area contributed by atoms with Gasteiger partial charge in [0.25, 0.3) is 0 Å². The molecule has 1 heterocycles. The second kappa shape index (κ2) is 4.84. The highest BCUT2D eigenvalue weighted by Crippen LogP contribution is 2.29. The van der Waals surface area contributed by atoms with Crippen molar-refractivity contribution in [3.63, 3.8) is 0 Å². The van der Waals surface area contributed by atoms with E-state index in [1.54, 1.807) is 0 Å². The molecular weight excluding hydrogens is 224 g/mol. The van der Waals surface area contributed by atoms with Gasteiger partial charge < -0.3 is 4.42 Å². The van der Waals surface area contributed by atoms with E-state index < -0.39 is 0 Å².